The average molecular weight is 527 g/mol. The van der Waals surface area contributed by atoms with E-state index in [1.165, 1.54) is 6.33 Å². The smallest absolute Gasteiger partial charge is 0.408 e. The predicted molar refractivity (Wildman–Crippen MR) is 136 cm³/mol. The first-order valence-electron chi connectivity index (χ1n) is 12.1. The standard InChI is InChI=1S/C23H39N6O6P/c1-13(2)8-16(28-21(30)35-22(3,4)5)36-32-10-14-9-15(34-23(6,7)31)20(33-14)29-12-27-17-18(24)25-11-26-19(17)29/h11-16,20,31,36H,8-10H2,1-7H3,(H,28,30)(H2,24,25,26). The van der Waals surface area contributed by atoms with Gasteiger partial charge in [0.2, 0.25) is 0 Å². The fourth-order valence-electron chi connectivity index (χ4n) is 3.90. The number of nitrogens with zero attached hydrogens (tertiary/aromatic N) is 4. The SMILES string of the molecule is CC(C)CC(NC(=O)OC(C)(C)C)POCC1CC(OC(C)(C)O)C(n2cnc3c(N)ncnc32)O1. The monoisotopic (exact) mass is 526 g/mol. The van der Waals surface area contributed by atoms with Gasteiger partial charge < -0.3 is 34.9 Å². The van der Waals surface area contributed by atoms with Crippen molar-refractivity contribution in [1.29, 1.82) is 0 Å². The van der Waals surface area contributed by atoms with Gasteiger partial charge in [0.25, 0.3) is 0 Å². The van der Waals surface area contributed by atoms with Crippen LogP contribution in [0.25, 0.3) is 11.2 Å². The van der Waals surface area contributed by atoms with Crippen LogP contribution in [0.5, 0.6) is 0 Å². The molecule has 0 aromatic carbocycles. The second kappa shape index (κ2) is 11.5. The van der Waals surface area contributed by atoms with Gasteiger partial charge in [-0.2, -0.15) is 0 Å². The normalized spacial score (nSPS) is 22.1. The van der Waals surface area contributed by atoms with Gasteiger partial charge in [-0.15, -0.1) is 0 Å². The lowest BCUT2D eigenvalue weighted by Gasteiger charge is -2.27. The van der Waals surface area contributed by atoms with Crippen LogP contribution < -0.4 is 11.1 Å². The number of nitrogens with two attached hydrogens (primary N) is 1. The first-order valence-corrected chi connectivity index (χ1v) is 13.1. The zero-order valence-corrected chi connectivity index (χ0v) is 23.0. The molecule has 5 unspecified atom stereocenters. The molecule has 0 bridgehead atoms. The Labute approximate surface area is 213 Å². The highest BCUT2D eigenvalue weighted by molar-refractivity contribution is 7.33. The third-order valence-electron chi connectivity index (χ3n) is 5.14. The van der Waals surface area contributed by atoms with Crippen LogP contribution in [0.4, 0.5) is 10.6 Å². The molecule has 36 heavy (non-hydrogen) atoms. The van der Waals surface area contributed by atoms with Crippen molar-refractivity contribution in [1.82, 2.24) is 24.8 Å². The van der Waals surface area contributed by atoms with Crippen molar-refractivity contribution in [3.05, 3.63) is 12.7 Å². The largest absolute Gasteiger partial charge is 0.444 e. The van der Waals surface area contributed by atoms with E-state index < -0.39 is 29.8 Å². The van der Waals surface area contributed by atoms with Gasteiger partial charge in [-0.3, -0.25) is 4.57 Å². The van der Waals surface area contributed by atoms with Crippen LogP contribution in [0.2, 0.25) is 0 Å². The minimum atomic E-state index is -1.37. The zero-order chi connectivity index (χ0) is 26.7. The molecule has 13 heteroatoms. The lowest BCUT2D eigenvalue weighted by Crippen LogP contribution is -2.38. The number of alkyl carbamates (subject to hydrolysis) is 1. The first kappa shape index (κ1) is 28.5. The number of hydrogen-bond donors (Lipinski definition) is 3. The maximum absolute atomic E-state index is 12.3. The van der Waals surface area contributed by atoms with Crippen molar-refractivity contribution in [3.8, 4) is 0 Å². The summed E-state index contributed by atoms with van der Waals surface area (Å²) in [6.07, 6.45) is 2.31. The Morgan fingerprint density at radius 3 is 2.67 bits per heavy atom. The van der Waals surface area contributed by atoms with Gasteiger partial charge in [0.15, 0.2) is 23.5 Å². The lowest BCUT2D eigenvalue weighted by molar-refractivity contribution is -0.222. The number of aromatic nitrogens is 4. The summed E-state index contributed by atoms with van der Waals surface area (Å²) in [6.45, 7) is 13.1. The van der Waals surface area contributed by atoms with E-state index in [1.807, 2.05) is 20.8 Å². The molecule has 2 aromatic heterocycles. The van der Waals surface area contributed by atoms with Crippen LogP contribution in [0, 0.1) is 5.92 Å². The maximum atomic E-state index is 12.3. The van der Waals surface area contributed by atoms with Crippen molar-refractivity contribution in [2.24, 2.45) is 5.92 Å². The summed E-state index contributed by atoms with van der Waals surface area (Å²) in [5, 5.41) is 13.2. The highest BCUT2D eigenvalue weighted by Gasteiger charge is 2.41. The summed E-state index contributed by atoms with van der Waals surface area (Å²) in [6, 6.07) is 0. The Kier molecular flexibility index (Phi) is 9.11. The summed E-state index contributed by atoms with van der Waals surface area (Å²) in [4.78, 5) is 24.9. The average Bonchev–Trinajstić information content (AvgIpc) is 3.29. The van der Waals surface area contributed by atoms with Crippen molar-refractivity contribution < 1.29 is 28.6 Å². The summed E-state index contributed by atoms with van der Waals surface area (Å²) >= 11 is 0. The van der Waals surface area contributed by atoms with Crippen LogP contribution in [0.3, 0.4) is 0 Å². The Bertz CT molecular complexity index is 1020. The topological polar surface area (TPSA) is 156 Å². The summed E-state index contributed by atoms with van der Waals surface area (Å²) in [7, 11) is 0.0130. The number of hydrogen-bond acceptors (Lipinski definition) is 10. The van der Waals surface area contributed by atoms with Crippen LogP contribution in [-0.2, 0) is 18.7 Å². The number of carbonyl (C=O) groups excluding carboxylic acids is 1. The predicted octanol–water partition coefficient (Wildman–Crippen LogP) is 3.32. The van der Waals surface area contributed by atoms with Gasteiger partial charge in [-0.25, -0.2) is 19.7 Å². The molecule has 3 rings (SSSR count). The quantitative estimate of drug-likeness (QED) is 0.310. The summed E-state index contributed by atoms with van der Waals surface area (Å²) in [5.41, 5.74) is 6.33. The zero-order valence-electron chi connectivity index (χ0n) is 22.0. The molecule has 1 amide bonds. The van der Waals surface area contributed by atoms with Gasteiger partial charge in [0, 0.05) is 15.2 Å². The molecular formula is C23H39N6O6P. The highest BCUT2D eigenvalue weighted by atomic mass is 31.1. The number of carbonyl (C=O) groups is 1. The van der Waals surface area contributed by atoms with Crippen LogP contribution in [-0.4, -0.2) is 66.7 Å². The minimum Gasteiger partial charge on any atom is -0.444 e. The van der Waals surface area contributed by atoms with Crippen LogP contribution in [0.15, 0.2) is 12.7 Å². The van der Waals surface area contributed by atoms with E-state index in [2.05, 4.69) is 34.1 Å². The Morgan fingerprint density at radius 2 is 2.03 bits per heavy atom. The first-order chi connectivity index (χ1) is 16.7. The highest BCUT2D eigenvalue weighted by Crippen LogP contribution is 2.36. The number of imidazole rings is 1. The fourth-order valence-corrected chi connectivity index (χ4v) is 5.13. The number of anilines is 1. The molecule has 202 valence electrons. The Balaban J connectivity index is 1.66. The van der Waals surface area contributed by atoms with E-state index in [4.69, 9.17) is 24.5 Å². The molecule has 3 heterocycles. The number of aliphatic hydroxyl groups is 1. The number of rotatable bonds is 10. The molecule has 1 fully saturated rings. The van der Waals surface area contributed by atoms with Gasteiger partial charge in [-0.05, 0) is 47.0 Å². The number of ether oxygens (including phenoxy) is 3. The second-order valence-electron chi connectivity index (χ2n) is 10.8. The maximum Gasteiger partial charge on any atom is 0.408 e. The molecule has 0 spiro atoms. The molecule has 12 nitrogen and oxygen atoms in total. The number of nitrogen functional groups attached to an aromatic ring is 1. The van der Waals surface area contributed by atoms with E-state index in [1.54, 1.807) is 24.7 Å². The second-order valence-corrected chi connectivity index (χ2v) is 12.0. The minimum absolute atomic E-state index is 0.0130. The molecule has 2 aromatic rings. The summed E-state index contributed by atoms with van der Waals surface area (Å²) < 4.78 is 25.3. The van der Waals surface area contributed by atoms with Gasteiger partial charge in [-0.1, -0.05) is 13.8 Å². The van der Waals surface area contributed by atoms with E-state index in [0.717, 1.165) is 6.42 Å². The molecular weight excluding hydrogens is 487 g/mol. The third kappa shape index (κ3) is 8.21. The molecule has 0 radical (unpaired) electrons. The van der Waals surface area contributed by atoms with E-state index >= 15 is 0 Å². The van der Waals surface area contributed by atoms with Crippen LogP contribution >= 0.6 is 8.81 Å². The molecule has 0 saturated carbocycles. The van der Waals surface area contributed by atoms with Gasteiger partial charge >= 0.3 is 6.09 Å². The van der Waals surface area contributed by atoms with E-state index in [-0.39, 0.29) is 33.1 Å². The van der Waals surface area contributed by atoms with Crippen molar-refractivity contribution >= 4 is 31.9 Å². The Morgan fingerprint density at radius 1 is 1.31 bits per heavy atom. The molecule has 1 aliphatic rings. The van der Waals surface area contributed by atoms with E-state index in [9.17, 15) is 9.90 Å². The number of amides is 1. The molecule has 1 saturated heterocycles. The van der Waals surface area contributed by atoms with Crippen molar-refractivity contribution in [2.75, 3.05) is 12.3 Å². The van der Waals surface area contributed by atoms with Crippen molar-refractivity contribution in [3.63, 3.8) is 0 Å². The third-order valence-corrected chi connectivity index (χ3v) is 6.14. The fraction of sp³-hybridized carbons (Fsp3) is 0.739. The molecule has 4 N–H and O–H groups in total. The molecule has 1 aliphatic heterocycles. The van der Waals surface area contributed by atoms with Gasteiger partial charge in [0.05, 0.1) is 24.8 Å². The molecule has 0 aliphatic carbocycles. The van der Waals surface area contributed by atoms with Crippen LogP contribution in [0.1, 0.15) is 67.5 Å². The summed E-state index contributed by atoms with van der Waals surface area (Å²) in [5.74, 6) is -0.917. The Hall–Kier alpha value is -2.11. The lowest BCUT2D eigenvalue weighted by atomic mass is 10.1. The van der Waals surface area contributed by atoms with E-state index in [0.29, 0.717) is 23.5 Å². The van der Waals surface area contributed by atoms with Crippen molar-refractivity contribution in [2.45, 2.75) is 96.9 Å². The molecule has 5 atom stereocenters. The van der Waals surface area contributed by atoms with Gasteiger partial charge in [0.1, 0.15) is 23.5 Å². The number of nitrogens with one attached hydrogen (secondary N) is 1. The number of fused-ring (bicyclic) bond motifs is 1.